The number of halogens is 2. The van der Waals surface area contributed by atoms with Gasteiger partial charge in [-0.15, -0.1) is 0 Å². The molecule has 8 heteroatoms. The van der Waals surface area contributed by atoms with Crippen LogP contribution in [0.25, 0.3) is 0 Å². The van der Waals surface area contributed by atoms with Crippen molar-refractivity contribution in [2.45, 2.75) is 19.8 Å². The summed E-state index contributed by atoms with van der Waals surface area (Å²) in [7, 11) is 0. The molecule has 0 unspecified atom stereocenters. The maximum absolute atomic E-state index is 11.4. The molecule has 0 heterocycles. The predicted octanol–water partition coefficient (Wildman–Crippen LogP) is 5.35. The highest BCUT2D eigenvalue weighted by molar-refractivity contribution is 6.42. The first-order chi connectivity index (χ1) is 11.4. The molecule has 0 radical (unpaired) electrons. The molecule has 0 amide bonds. The van der Waals surface area contributed by atoms with Gasteiger partial charge >= 0.3 is 5.97 Å². The van der Waals surface area contributed by atoms with Crippen LogP contribution >= 0.6 is 23.2 Å². The third-order valence-electron chi connectivity index (χ3n) is 3.05. The molecule has 0 bridgehead atoms. The molecule has 0 aliphatic rings. The summed E-state index contributed by atoms with van der Waals surface area (Å²) >= 11 is 11.7. The van der Waals surface area contributed by atoms with Crippen LogP contribution in [0.15, 0.2) is 36.4 Å². The highest BCUT2D eigenvalue weighted by Crippen LogP contribution is 2.35. The summed E-state index contributed by atoms with van der Waals surface area (Å²) in [5.41, 5.74) is 0.597. The average molecular weight is 369 g/mol. The summed E-state index contributed by atoms with van der Waals surface area (Å²) in [4.78, 5) is 22.0. The lowest BCUT2D eigenvalue weighted by atomic mass is 10.2. The lowest BCUT2D eigenvalue weighted by Crippen LogP contribution is -2.06. The van der Waals surface area contributed by atoms with Crippen LogP contribution in [0.3, 0.4) is 0 Å². The van der Waals surface area contributed by atoms with E-state index in [0.717, 1.165) is 0 Å². The number of anilines is 2. The molecule has 0 saturated carbocycles. The number of rotatable bonds is 6. The van der Waals surface area contributed by atoms with Gasteiger partial charge in [-0.2, -0.15) is 0 Å². The molecular weight excluding hydrogens is 355 g/mol. The Morgan fingerprint density at radius 2 is 1.83 bits per heavy atom. The number of hydrogen-bond donors (Lipinski definition) is 1. The first kappa shape index (κ1) is 18.0. The summed E-state index contributed by atoms with van der Waals surface area (Å²) in [5.74, 6) is 0.0981. The van der Waals surface area contributed by atoms with Gasteiger partial charge in [-0.1, -0.05) is 30.1 Å². The van der Waals surface area contributed by atoms with Gasteiger partial charge in [0.25, 0.3) is 5.69 Å². The van der Waals surface area contributed by atoms with Gasteiger partial charge in [0.15, 0.2) is 0 Å². The molecule has 126 valence electrons. The van der Waals surface area contributed by atoms with Gasteiger partial charge in [0, 0.05) is 18.2 Å². The van der Waals surface area contributed by atoms with Gasteiger partial charge in [0.05, 0.1) is 15.0 Å². The van der Waals surface area contributed by atoms with Gasteiger partial charge in [-0.05, 0) is 36.8 Å². The molecule has 2 aromatic rings. The zero-order valence-electron chi connectivity index (χ0n) is 12.7. The van der Waals surface area contributed by atoms with E-state index in [1.54, 1.807) is 24.3 Å². The van der Waals surface area contributed by atoms with Crippen LogP contribution < -0.4 is 10.1 Å². The number of nitrogens with one attached hydrogen (secondary N) is 1. The van der Waals surface area contributed by atoms with Crippen molar-refractivity contribution in [1.82, 2.24) is 0 Å². The number of esters is 1. The fourth-order valence-corrected chi connectivity index (χ4v) is 2.26. The minimum absolute atomic E-state index is 0.104. The fourth-order valence-electron chi connectivity index (χ4n) is 1.94. The smallest absolute Gasteiger partial charge is 0.311 e. The van der Waals surface area contributed by atoms with Crippen LogP contribution in [0.1, 0.15) is 19.8 Å². The minimum atomic E-state index is -0.550. The first-order valence-electron chi connectivity index (χ1n) is 7.12. The predicted molar refractivity (Wildman–Crippen MR) is 93.4 cm³/mol. The summed E-state index contributed by atoms with van der Waals surface area (Å²) in [6, 6.07) is 9.05. The number of nitrogens with zero attached hydrogens (tertiary/aromatic N) is 1. The standard InChI is InChI=1S/C16H14Cl2N2O4/c1-2-3-16(21)24-11-6-4-10(5-7-11)19-14-8-12(17)13(18)9-15(14)20(22)23/h4-9,19H,2-3H2,1H3. The third kappa shape index (κ3) is 4.59. The van der Waals surface area contributed by atoms with Crippen LogP contribution in [-0.2, 0) is 4.79 Å². The molecule has 6 nitrogen and oxygen atoms in total. The van der Waals surface area contributed by atoms with Crippen molar-refractivity contribution in [3.05, 3.63) is 56.6 Å². The molecule has 0 aliphatic heterocycles. The van der Waals surface area contributed by atoms with E-state index in [-0.39, 0.29) is 27.4 Å². The van der Waals surface area contributed by atoms with Gasteiger partial charge in [-0.3, -0.25) is 14.9 Å². The highest BCUT2D eigenvalue weighted by Gasteiger charge is 2.17. The van der Waals surface area contributed by atoms with E-state index in [1.165, 1.54) is 12.1 Å². The molecular formula is C16H14Cl2N2O4. The average Bonchev–Trinajstić information content (AvgIpc) is 2.52. The molecule has 0 aliphatic carbocycles. The van der Waals surface area contributed by atoms with E-state index in [2.05, 4.69) is 5.32 Å². The first-order valence-corrected chi connectivity index (χ1v) is 7.87. The van der Waals surface area contributed by atoms with Crippen molar-refractivity contribution < 1.29 is 14.5 Å². The lowest BCUT2D eigenvalue weighted by molar-refractivity contribution is -0.383. The zero-order chi connectivity index (χ0) is 17.7. The van der Waals surface area contributed by atoms with Gasteiger partial charge in [0.1, 0.15) is 11.4 Å². The Hall–Kier alpha value is -2.31. The number of nitro groups is 1. The third-order valence-corrected chi connectivity index (χ3v) is 3.78. The number of ether oxygens (including phenoxy) is 1. The SMILES string of the molecule is CCCC(=O)Oc1ccc(Nc2cc(Cl)c(Cl)cc2[N+](=O)[O-])cc1. The maximum Gasteiger partial charge on any atom is 0.311 e. The minimum Gasteiger partial charge on any atom is -0.427 e. The highest BCUT2D eigenvalue weighted by atomic mass is 35.5. The number of hydrogen-bond acceptors (Lipinski definition) is 5. The Morgan fingerprint density at radius 3 is 2.42 bits per heavy atom. The fraction of sp³-hybridized carbons (Fsp3) is 0.188. The molecule has 24 heavy (non-hydrogen) atoms. The van der Waals surface area contributed by atoms with Crippen molar-refractivity contribution in [3.63, 3.8) is 0 Å². The number of carbonyl (C=O) groups is 1. The Bertz CT molecular complexity index is 763. The van der Waals surface area contributed by atoms with Crippen molar-refractivity contribution in [2.24, 2.45) is 0 Å². The van der Waals surface area contributed by atoms with Gasteiger partial charge in [-0.25, -0.2) is 0 Å². The van der Waals surface area contributed by atoms with Gasteiger partial charge in [0.2, 0.25) is 0 Å². The summed E-state index contributed by atoms with van der Waals surface area (Å²) in [5, 5.41) is 14.3. The second-order valence-electron chi connectivity index (χ2n) is 4.91. The second kappa shape index (κ2) is 7.99. The van der Waals surface area contributed by atoms with Crippen LogP contribution in [0, 0.1) is 10.1 Å². The number of nitro benzene ring substituents is 1. The van der Waals surface area contributed by atoms with E-state index in [4.69, 9.17) is 27.9 Å². The van der Waals surface area contributed by atoms with E-state index < -0.39 is 4.92 Å². The van der Waals surface area contributed by atoms with Crippen LogP contribution in [0.5, 0.6) is 5.75 Å². The van der Waals surface area contributed by atoms with Crippen LogP contribution in [0.2, 0.25) is 10.0 Å². The van der Waals surface area contributed by atoms with Crippen LogP contribution in [0.4, 0.5) is 17.1 Å². The summed E-state index contributed by atoms with van der Waals surface area (Å²) in [6.45, 7) is 1.89. The lowest BCUT2D eigenvalue weighted by Gasteiger charge is -2.09. The monoisotopic (exact) mass is 368 g/mol. The Labute approximate surface area is 148 Å². The number of carbonyl (C=O) groups excluding carboxylic acids is 1. The molecule has 0 atom stereocenters. The van der Waals surface area contributed by atoms with Crippen molar-refractivity contribution >= 4 is 46.2 Å². The topological polar surface area (TPSA) is 81.5 Å². The molecule has 2 aromatic carbocycles. The molecule has 2 rings (SSSR count). The molecule has 0 spiro atoms. The van der Waals surface area contributed by atoms with Crippen molar-refractivity contribution in [2.75, 3.05) is 5.32 Å². The molecule has 0 aromatic heterocycles. The summed E-state index contributed by atoms with van der Waals surface area (Å²) in [6.07, 6.45) is 1.05. The maximum atomic E-state index is 11.4. The van der Waals surface area contributed by atoms with Crippen molar-refractivity contribution in [1.29, 1.82) is 0 Å². The van der Waals surface area contributed by atoms with Gasteiger partial charge < -0.3 is 10.1 Å². The van der Waals surface area contributed by atoms with E-state index in [1.807, 2.05) is 6.92 Å². The summed E-state index contributed by atoms with van der Waals surface area (Å²) < 4.78 is 5.14. The quantitative estimate of drug-likeness (QED) is 0.321. The van der Waals surface area contributed by atoms with E-state index in [9.17, 15) is 14.9 Å². The molecule has 0 saturated heterocycles. The Balaban J connectivity index is 2.18. The second-order valence-corrected chi connectivity index (χ2v) is 5.73. The molecule has 1 N–H and O–H groups in total. The molecule has 0 fully saturated rings. The van der Waals surface area contributed by atoms with Crippen LogP contribution in [-0.4, -0.2) is 10.9 Å². The Kier molecular flexibility index (Phi) is 6.00. The number of benzene rings is 2. The Morgan fingerprint density at radius 1 is 1.21 bits per heavy atom. The van der Waals surface area contributed by atoms with E-state index >= 15 is 0 Å². The normalized spacial score (nSPS) is 10.3. The van der Waals surface area contributed by atoms with E-state index in [0.29, 0.717) is 24.3 Å². The largest absolute Gasteiger partial charge is 0.427 e. The zero-order valence-corrected chi connectivity index (χ0v) is 14.2. The van der Waals surface area contributed by atoms with Crippen molar-refractivity contribution in [3.8, 4) is 5.75 Å².